The van der Waals surface area contributed by atoms with Gasteiger partial charge in [-0.3, -0.25) is 0 Å². The van der Waals surface area contributed by atoms with E-state index in [4.69, 9.17) is 4.98 Å². The van der Waals surface area contributed by atoms with Gasteiger partial charge in [0, 0.05) is 17.2 Å². The highest BCUT2D eigenvalue weighted by Crippen LogP contribution is 2.40. The average Bonchev–Trinajstić information content (AvgIpc) is 3.09. The summed E-state index contributed by atoms with van der Waals surface area (Å²) >= 11 is 1.80. The number of aromatic nitrogens is 2. The van der Waals surface area contributed by atoms with E-state index in [1.165, 1.54) is 38.2 Å². The van der Waals surface area contributed by atoms with Crippen LogP contribution in [-0.4, -0.2) is 4.98 Å². The third-order valence-corrected chi connectivity index (χ3v) is 6.68. The Bertz CT molecular complexity index is 1160. The van der Waals surface area contributed by atoms with Gasteiger partial charge < -0.3 is 0 Å². The highest BCUT2D eigenvalue weighted by Gasteiger charge is 2.21. The monoisotopic (exact) mass is 401 g/mol. The number of aryl methyl sites for hydroxylation is 2. The number of thiazole rings is 1. The van der Waals surface area contributed by atoms with Crippen molar-refractivity contribution in [2.45, 2.75) is 46.5 Å². The summed E-state index contributed by atoms with van der Waals surface area (Å²) in [6.07, 6.45) is 2.23. The molecule has 0 radical (unpaired) electrons. The second-order valence-electron chi connectivity index (χ2n) is 8.47. The fraction of sp³-hybridized carbons (Fsp3) is 0.308. The molecule has 0 aliphatic rings. The predicted octanol–water partition coefficient (Wildman–Crippen LogP) is 7.01. The van der Waals surface area contributed by atoms with E-state index in [9.17, 15) is 0 Å². The maximum Gasteiger partial charge on any atom is 0.214 e. The molecule has 0 unspecified atom stereocenters. The zero-order valence-electron chi connectivity index (χ0n) is 18.2. The Morgan fingerprint density at radius 3 is 2.17 bits per heavy atom. The van der Waals surface area contributed by atoms with Crippen molar-refractivity contribution in [3.05, 3.63) is 71.4 Å². The van der Waals surface area contributed by atoms with E-state index < -0.39 is 0 Å². The number of hydrogen-bond acceptors (Lipinski definition) is 2. The van der Waals surface area contributed by atoms with Gasteiger partial charge in [0.05, 0.1) is 5.52 Å². The molecule has 2 heterocycles. The van der Waals surface area contributed by atoms with Crippen molar-refractivity contribution in [3.63, 3.8) is 0 Å². The number of benzene rings is 2. The van der Waals surface area contributed by atoms with Crippen LogP contribution >= 0.6 is 11.3 Å². The molecule has 0 atom stereocenters. The van der Waals surface area contributed by atoms with Crippen LogP contribution in [0.15, 0.2) is 54.7 Å². The second kappa shape index (κ2) is 7.72. The van der Waals surface area contributed by atoms with Crippen molar-refractivity contribution in [2.75, 3.05) is 0 Å². The van der Waals surface area contributed by atoms with Crippen LogP contribution in [0.4, 0.5) is 0 Å². The van der Waals surface area contributed by atoms with Gasteiger partial charge in [-0.1, -0.05) is 64.1 Å². The Morgan fingerprint density at radius 1 is 0.897 bits per heavy atom. The Kier molecular flexibility index (Phi) is 5.26. The minimum absolute atomic E-state index is 0.467. The molecule has 4 rings (SSSR count). The summed E-state index contributed by atoms with van der Waals surface area (Å²) < 4.78 is 3.46. The van der Waals surface area contributed by atoms with Gasteiger partial charge in [-0.25, -0.2) is 4.98 Å². The zero-order valence-corrected chi connectivity index (χ0v) is 19.0. The molecule has 148 valence electrons. The maximum absolute atomic E-state index is 5.13. The van der Waals surface area contributed by atoms with Gasteiger partial charge in [0.1, 0.15) is 16.8 Å². The molecular formula is C26H29N2S+. The van der Waals surface area contributed by atoms with Crippen LogP contribution in [0.5, 0.6) is 0 Å². The average molecular weight is 402 g/mol. The van der Waals surface area contributed by atoms with Crippen molar-refractivity contribution >= 4 is 21.6 Å². The first kappa shape index (κ1) is 19.8. The van der Waals surface area contributed by atoms with E-state index >= 15 is 0 Å². The van der Waals surface area contributed by atoms with Crippen LogP contribution in [0.1, 0.15) is 56.2 Å². The second-order valence-corrected chi connectivity index (χ2v) is 9.50. The first-order chi connectivity index (χ1) is 13.9. The first-order valence-corrected chi connectivity index (χ1v) is 11.2. The summed E-state index contributed by atoms with van der Waals surface area (Å²) in [6.45, 7) is 11.2. The molecule has 4 aromatic rings. The molecule has 0 amide bonds. The van der Waals surface area contributed by atoms with Crippen LogP contribution in [0.3, 0.4) is 0 Å². The normalized spacial score (nSPS) is 11.7. The van der Waals surface area contributed by atoms with Crippen molar-refractivity contribution in [2.24, 2.45) is 7.05 Å². The highest BCUT2D eigenvalue weighted by atomic mass is 32.1. The molecule has 29 heavy (non-hydrogen) atoms. The summed E-state index contributed by atoms with van der Waals surface area (Å²) in [7, 11) is 2.13. The largest absolute Gasteiger partial charge is 0.236 e. The van der Waals surface area contributed by atoms with Crippen LogP contribution in [-0.2, 0) is 7.05 Å². The van der Waals surface area contributed by atoms with E-state index in [0.717, 1.165) is 10.5 Å². The number of nitrogens with zero attached hydrogens (tertiary/aromatic N) is 2. The Labute approximate surface area is 177 Å². The standard InChI is InChI=1S/C26H29N2S/c1-16(2)19-12-9-13-20(17(3)4)25(19)26-27-22-14-23(28(6)15-24(22)29-26)21-11-8-7-10-18(21)5/h7-17H,1-6H3/q+1. The lowest BCUT2D eigenvalue weighted by atomic mass is 9.89. The zero-order chi connectivity index (χ0) is 20.7. The first-order valence-electron chi connectivity index (χ1n) is 10.4. The fourth-order valence-electron chi connectivity index (χ4n) is 4.05. The SMILES string of the molecule is Cc1ccccc1-c1cc2nc(-c3c(C(C)C)cccc3C(C)C)sc2c[n+]1C. The smallest absolute Gasteiger partial charge is 0.214 e. The Balaban J connectivity index is 1.94. The van der Waals surface area contributed by atoms with Crippen LogP contribution in [0.2, 0.25) is 0 Å². The van der Waals surface area contributed by atoms with Gasteiger partial charge in [-0.15, -0.1) is 11.3 Å². The lowest BCUT2D eigenvalue weighted by Gasteiger charge is -2.17. The third kappa shape index (κ3) is 3.60. The molecular weight excluding hydrogens is 372 g/mol. The van der Waals surface area contributed by atoms with Crippen molar-refractivity contribution in [3.8, 4) is 21.8 Å². The Hall–Kier alpha value is -2.52. The number of pyridine rings is 1. The van der Waals surface area contributed by atoms with Gasteiger partial charge in [0.15, 0.2) is 6.20 Å². The lowest BCUT2D eigenvalue weighted by molar-refractivity contribution is -0.659. The van der Waals surface area contributed by atoms with E-state index in [1.807, 2.05) is 0 Å². The molecule has 2 aromatic carbocycles. The van der Waals surface area contributed by atoms with Gasteiger partial charge in [-0.05, 0) is 41.5 Å². The summed E-state index contributed by atoms with van der Waals surface area (Å²) in [4.78, 5) is 5.13. The molecule has 0 bridgehead atoms. The molecule has 0 spiro atoms. The molecule has 0 fully saturated rings. The molecule has 0 saturated heterocycles. The van der Waals surface area contributed by atoms with Gasteiger partial charge in [-0.2, -0.15) is 4.57 Å². The van der Waals surface area contributed by atoms with E-state index in [-0.39, 0.29) is 0 Å². The summed E-state index contributed by atoms with van der Waals surface area (Å²) in [5, 5.41) is 1.13. The molecule has 0 N–H and O–H groups in total. The van der Waals surface area contributed by atoms with Crippen LogP contribution in [0, 0.1) is 6.92 Å². The van der Waals surface area contributed by atoms with Crippen molar-refractivity contribution in [1.29, 1.82) is 0 Å². The molecule has 0 saturated carbocycles. The number of fused-ring (bicyclic) bond motifs is 1. The Morgan fingerprint density at radius 2 is 1.55 bits per heavy atom. The summed E-state index contributed by atoms with van der Waals surface area (Å²) in [5.74, 6) is 0.934. The maximum atomic E-state index is 5.13. The van der Waals surface area contributed by atoms with Crippen molar-refractivity contribution < 1.29 is 4.57 Å². The lowest BCUT2D eigenvalue weighted by Crippen LogP contribution is -2.30. The molecule has 0 aliphatic heterocycles. The number of hydrogen-bond donors (Lipinski definition) is 0. The van der Waals surface area contributed by atoms with E-state index in [2.05, 4.69) is 101 Å². The summed E-state index contributed by atoms with van der Waals surface area (Å²) in [6, 6.07) is 17.5. The van der Waals surface area contributed by atoms with Crippen LogP contribution < -0.4 is 4.57 Å². The predicted molar refractivity (Wildman–Crippen MR) is 125 cm³/mol. The molecule has 2 nitrogen and oxygen atoms in total. The molecule has 0 aliphatic carbocycles. The summed E-state index contributed by atoms with van der Waals surface area (Å²) in [5.41, 5.74) is 8.93. The third-order valence-electron chi connectivity index (χ3n) is 5.65. The fourth-order valence-corrected chi connectivity index (χ4v) is 5.16. The quantitative estimate of drug-likeness (QED) is 0.336. The number of rotatable bonds is 4. The van der Waals surface area contributed by atoms with Crippen LogP contribution in [0.25, 0.3) is 32.0 Å². The minimum atomic E-state index is 0.467. The minimum Gasteiger partial charge on any atom is -0.236 e. The van der Waals surface area contributed by atoms with E-state index in [0.29, 0.717) is 11.8 Å². The molecule has 2 aromatic heterocycles. The van der Waals surface area contributed by atoms with Gasteiger partial charge in [0.2, 0.25) is 5.69 Å². The molecule has 3 heteroatoms. The topological polar surface area (TPSA) is 16.8 Å². The van der Waals surface area contributed by atoms with Gasteiger partial charge in [0.25, 0.3) is 0 Å². The van der Waals surface area contributed by atoms with Gasteiger partial charge >= 0.3 is 0 Å². The van der Waals surface area contributed by atoms with Crippen molar-refractivity contribution in [1.82, 2.24) is 4.98 Å². The van der Waals surface area contributed by atoms with E-state index in [1.54, 1.807) is 11.3 Å². The highest BCUT2D eigenvalue weighted by molar-refractivity contribution is 7.21.